The number of nitrogens with zero attached hydrogens (tertiary/aromatic N) is 2. The van der Waals surface area contributed by atoms with Crippen LogP contribution in [0.5, 0.6) is 0 Å². The first-order valence-electron chi connectivity index (χ1n) is 10.7. The molecule has 3 aliphatic heterocycles. The minimum atomic E-state index is -0.810. The number of fused-ring (bicyclic) bond motifs is 5. The summed E-state index contributed by atoms with van der Waals surface area (Å²) in [4.78, 5) is 44.0. The summed E-state index contributed by atoms with van der Waals surface area (Å²) in [5.41, 5.74) is 1.75. The van der Waals surface area contributed by atoms with Crippen LogP contribution in [0.15, 0.2) is 54.6 Å². The summed E-state index contributed by atoms with van der Waals surface area (Å²) in [7, 11) is 0. The SMILES string of the molecule is CC(C)(C)N1C(=O)[C@H]2[C@H](C1=O)[C@H](C(=O)Nc1ccc(Cl)cc1)N1c3ccccc3C=C[C@H]21. The van der Waals surface area contributed by atoms with Crippen LogP contribution in [0.1, 0.15) is 26.3 Å². The van der Waals surface area contributed by atoms with Crippen LogP contribution in [-0.2, 0) is 14.4 Å². The fourth-order valence-corrected chi connectivity index (χ4v) is 5.35. The van der Waals surface area contributed by atoms with Crippen LogP contribution in [0.2, 0.25) is 5.02 Å². The highest BCUT2D eigenvalue weighted by Gasteiger charge is 2.65. The molecule has 32 heavy (non-hydrogen) atoms. The van der Waals surface area contributed by atoms with Gasteiger partial charge in [-0.2, -0.15) is 0 Å². The molecule has 5 rings (SSSR count). The molecule has 0 bridgehead atoms. The zero-order valence-electron chi connectivity index (χ0n) is 18.1. The number of benzene rings is 2. The van der Waals surface area contributed by atoms with Crippen LogP contribution in [0.4, 0.5) is 11.4 Å². The largest absolute Gasteiger partial charge is 0.351 e. The number of anilines is 2. The van der Waals surface area contributed by atoms with Crippen molar-refractivity contribution in [2.75, 3.05) is 10.2 Å². The summed E-state index contributed by atoms with van der Waals surface area (Å²) in [6.07, 6.45) is 3.93. The summed E-state index contributed by atoms with van der Waals surface area (Å²) in [6, 6.07) is 13.4. The Balaban J connectivity index is 1.59. The highest BCUT2D eigenvalue weighted by Crippen LogP contribution is 2.49. The fourth-order valence-electron chi connectivity index (χ4n) is 5.22. The van der Waals surface area contributed by atoms with Crippen molar-refractivity contribution in [3.8, 4) is 0 Å². The van der Waals surface area contributed by atoms with E-state index in [0.29, 0.717) is 10.7 Å². The van der Waals surface area contributed by atoms with E-state index in [0.717, 1.165) is 11.3 Å². The second-order valence-corrected chi connectivity index (χ2v) is 9.93. The summed E-state index contributed by atoms with van der Waals surface area (Å²) in [6.45, 7) is 5.53. The van der Waals surface area contributed by atoms with Gasteiger partial charge in [-0.15, -0.1) is 0 Å². The lowest BCUT2D eigenvalue weighted by Crippen LogP contribution is -2.53. The molecule has 0 radical (unpaired) electrons. The molecule has 2 aromatic rings. The molecule has 164 valence electrons. The molecular weight excluding hydrogens is 426 g/mol. The number of halogens is 1. The van der Waals surface area contributed by atoms with E-state index in [1.54, 1.807) is 24.3 Å². The molecule has 4 atom stereocenters. The third-order valence-electron chi connectivity index (χ3n) is 6.47. The van der Waals surface area contributed by atoms with Gasteiger partial charge in [0.15, 0.2) is 0 Å². The Morgan fingerprint density at radius 2 is 1.62 bits per heavy atom. The van der Waals surface area contributed by atoms with E-state index >= 15 is 0 Å². The standard InChI is InChI=1S/C25H24ClN3O3/c1-25(2,3)29-23(31)19-18-13-8-14-6-4-5-7-17(14)28(18)21(20(19)24(29)32)22(30)27-16-11-9-15(26)10-12-16/h4-13,18-21H,1-3H3,(H,27,30)/t18-,19-,20+,21-/m1/s1. The molecular formula is C25H24ClN3O3. The van der Waals surface area contributed by atoms with Crippen molar-refractivity contribution < 1.29 is 14.4 Å². The van der Waals surface area contributed by atoms with Gasteiger partial charge in [0.25, 0.3) is 0 Å². The molecule has 1 N–H and O–H groups in total. The van der Waals surface area contributed by atoms with Crippen LogP contribution in [0, 0.1) is 11.8 Å². The maximum atomic E-state index is 13.6. The lowest BCUT2D eigenvalue weighted by Gasteiger charge is -2.38. The van der Waals surface area contributed by atoms with E-state index in [9.17, 15) is 14.4 Å². The lowest BCUT2D eigenvalue weighted by molar-refractivity contribution is -0.146. The molecule has 0 aromatic heterocycles. The average molecular weight is 450 g/mol. The van der Waals surface area contributed by atoms with Gasteiger partial charge < -0.3 is 10.2 Å². The van der Waals surface area contributed by atoms with E-state index in [2.05, 4.69) is 5.32 Å². The molecule has 3 aliphatic rings. The summed E-state index contributed by atoms with van der Waals surface area (Å²) in [5.74, 6) is -2.17. The van der Waals surface area contributed by atoms with Crippen LogP contribution >= 0.6 is 11.6 Å². The molecule has 0 aliphatic carbocycles. The average Bonchev–Trinajstić information content (AvgIpc) is 3.22. The van der Waals surface area contributed by atoms with Crippen molar-refractivity contribution >= 4 is 46.8 Å². The van der Waals surface area contributed by atoms with Crippen molar-refractivity contribution in [2.45, 2.75) is 38.4 Å². The maximum Gasteiger partial charge on any atom is 0.247 e. The normalized spacial score (nSPS) is 26.1. The molecule has 7 heteroatoms. The van der Waals surface area contributed by atoms with Crippen LogP contribution in [0.25, 0.3) is 6.08 Å². The van der Waals surface area contributed by atoms with E-state index in [1.807, 2.05) is 62.1 Å². The lowest BCUT2D eigenvalue weighted by atomic mass is 9.88. The third-order valence-corrected chi connectivity index (χ3v) is 6.72. The molecule has 0 saturated carbocycles. The van der Waals surface area contributed by atoms with E-state index in [4.69, 9.17) is 11.6 Å². The molecule has 3 amide bonds. The van der Waals surface area contributed by atoms with Gasteiger partial charge in [-0.3, -0.25) is 19.3 Å². The number of rotatable bonds is 2. The summed E-state index contributed by atoms with van der Waals surface area (Å²) >= 11 is 5.97. The topological polar surface area (TPSA) is 69.7 Å². The van der Waals surface area contributed by atoms with Crippen LogP contribution in [-0.4, -0.2) is 40.2 Å². The first-order chi connectivity index (χ1) is 15.2. The predicted molar refractivity (Wildman–Crippen MR) is 124 cm³/mol. The summed E-state index contributed by atoms with van der Waals surface area (Å²) in [5, 5.41) is 3.50. The number of hydrogen-bond donors (Lipinski definition) is 1. The number of imide groups is 1. The highest BCUT2D eigenvalue weighted by atomic mass is 35.5. The number of para-hydroxylation sites is 1. The predicted octanol–water partition coefficient (Wildman–Crippen LogP) is 3.96. The molecule has 3 heterocycles. The zero-order valence-corrected chi connectivity index (χ0v) is 18.8. The van der Waals surface area contributed by atoms with E-state index in [1.165, 1.54) is 4.90 Å². The second-order valence-electron chi connectivity index (χ2n) is 9.49. The van der Waals surface area contributed by atoms with Gasteiger partial charge in [0, 0.05) is 21.9 Å². The second kappa shape index (κ2) is 7.20. The Morgan fingerprint density at radius 1 is 0.969 bits per heavy atom. The van der Waals surface area contributed by atoms with Crippen molar-refractivity contribution in [1.29, 1.82) is 0 Å². The monoisotopic (exact) mass is 449 g/mol. The Bertz CT molecular complexity index is 1150. The Morgan fingerprint density at radius 3 is 2.31 bits per heavy atom. The smallest absolute Gasteiger partial charge is 0.247 e. The third kappa shape index (κ3) is 3.05. The number of carbonyl (C=O) groups is 3. The number of hydrogen-bond acceptors (Lipinski definition) is 4. The number of nitrogens with one attached hydrogen (secondary N) is 1. The Kier molecular flexibility index (Phi) is 4.67. The molecule has 0 unspecified atom stereocenters. The first kappa shape index (κ1) is 20.8. The number of likely N-dealkylation sites (tertiary alicyclic amines) is 1. The van der Waals surface area contributed by atoms with Crippen molar-refractivity contribution in [3.05, 3.63) is 65.2 Å². The Labute approximate surface area is 191 Å². The molecule has 6 nitrogen and oxygen atoms in total. The maximum absolute atomic E-state index is 13.6. The quantitative estimate of drug-likeness (QED) is 0.704. The molecule has 2 fully saturated rings. The van der Waals surface area contributed by atoms with Gasteiger partial charge in [-0.05, 0) is 56.7 Å². The van der Waals surface area contributed by atoms with Gasteiger partial charge in [-0.25, -0.2) is 0 Å². The van der Waals surface area contributed by atoms with Gasteiger partial charge in [0.05, 0.1) is 17.9 Å². The Hall–Kier alpha value is -3.12. The van der Waals surface area contributed by atoms with Gasteiger partial charge in [0.2, 0.25) is 17.7 Å². The number of amides is 3. The van der Waals surface area contributed by atoms with Gasteiger partial charge in [0.1, 0.15) is 6.04 Å². The number of carbonyl (C=O) groups excluding carboxylic acids is 3. The van der Waals surface area contributed by atoms with Gasteiger partial charge in [-0.1, -0.05) is 42.0 Å². The van der Waals surface area contributed by atoms with E-state index < -0.39 is 23.4 Å². The molecule has 2 saturated heterocycles. The van der Waals surface area contributed by atoms with Gasteiger partial charge >= 0.3 is 0 Å². The summed E-state index contributed by atoms with van der Waals surface area (Å²) < 4.78 is 0. The first-order valence-corrected chi connectivity index (χ1v) is 11.1. The molecule has 0 spiro atoms. The van der Waals surface area contributed by atoms with Crippen molar-refractivity contribution in [2.24, 2.45) is 11.8 Å². The van der Waals surface area contributed by atoms with E-state index in [-0.39, 0.29) is 23.8 Å². The molecule has 2 aromatic carbocycles. The van der Waals surface area contributed by atoms with Crippen LogP contribution in [0.3, 0.4) is 0 Å². The van der Waals surface area contributed by atoms with Crippen LogP contribution < -0.4 is 10.2 Å². The van der Waals surface area contributed by atoms with Crippen molar-refractivity contribution in [3.63, 3.8) is 0 Å². The fraction of sp³-hybridized carbons (Fsp3) is 0.320. The minimum absolute atomic E-state index is 0.215. The zero-order chi connectivity index (χ0) is 22.8. The minimum Gasteiger partial charge on any atom is -0.351 e. The van der Waals surface area contributed by atoms with Crippen molar-refractivity contribution in [1.82, 2.24) is 4.90 Å². The highest BCUT2D eigenvalue weighted by molar-refractivity contribution is 6.30.